The quantitative estimate of drug-likeness (QED) is 0.887. The third-order valence-corrected chi connectivity index (χ3v) is 4.26. The lowest BCUT2D eigenvalue weighted by atomic mass is 9.82. The van der Waals surface area contributed by atoms with E-state index < -0.39 is 0 Å². The van der Waals surface area contributed by atoms with Gasteiger partial charge in [0.15, 0.2) is 0 Å². The molecule has 0 saturated carbocycles. The number of nitrogens with zero attached hydrogens (tertiary/aromatic N) is 1. The normalized spacial score (nSPS) is 18.6. The van der Waals surface area contributed by atoms with Crippen molar-refractivity contribution in [2.75, 3.05) is 24.5 Å². The third kappa shape index (κ3) is 3.73. The number of anilines is 1. The summed E-state index contributed by atoms with van der Waals surface area (Å²) in [6.07, 6.45) is 2.59. The zero-order chi connectivity index (χ0) is 13.9. The van der Waals surface area contributed by atoms with E-state index in [-0.39, 0.29) is 0 Å². The van der Waals surface area contributed by atoms with Crippen molar-refractivity contribution in [3.8, 4) is 0 Å². The molecule has 1 fully saturated rings. The van der Waals surface area contributed by atoms with Gasteiger partial charge in [0, 0.05) is 25.3 Å². The Bertz CT molecular complexity index is 413. The van der Waals surface area contributed by atoms with E-state index >= 15 is 0 Å². The summed E-state index contributed by atoms with van der Waals surface area (Å²) in [4.78, 5) is 2.57. The molecule has 1 aliphatic heterocycles. The van der Waals surface area contributed by atoms with Crippen LogP contribution in [-0.2, 0) is 6.54 Å². The molecule has 106 valence electrons. The molecule has 1 aromatic carbocycles. The number of nitrogens with one attached hydrogen (secondary N) is 1. The summed E-state index contributed by atoms with van der Waals surface area (Å²) in [7, 11) is 0. The highest BCUT2D eigenvalue weighted by Gasteiger charge is 2.26. The number of benzene rings is 1. The summed E-state index contributed by atoms with van der Waals surface area (Å²) in [5, 5.41) is 3.46. The molecule has 0 aliphatic carbocycles. The molecule has 1 heterocycles. The number of rotatable bonds is 4. The van der Waals surface area contributed by atoms with Crippen LogP contribution in [0.2, 0.25) is 0 Å². The Kier molecular flexibility index (Phi) is 4.51. The molecule has 1 aliphatic rings. The van der Waals surface area contributed by atoms with Crippen LogP contribution in [0.3, 0.4) is 0 Å². The number of aryl methyl sites for hydroxylation is 1. The van der Waals surface area contributed by atoms with Gasteiger partial charge in [-0.15, -0.1) is 0 Å². The van der Waals surface area contributed by atoms with Gasteiger partial charge in [-0.05, 0) is 43.4 Å². The van der Waals surface area contributed by atoms with E-state index in [4.69, 9.17) is 0 Å². The molecule has 0 unspecified atom stereocenters. The van der Waals surface area contributed by atoms with Crippen molar-refractivity contribution in [2.24, 2.45) is 5.41 Å². The van der Waals surface area contributed by atoms with E-state index in [1.54, 1.807) is 0 Å². The first-order chi connectivity index (χ1) is 9.02. The highest BCUT2D eigenvalue weighted by molar-refractivity contribution is 5.55. The molecule has 1 saturated heterocycles. The van der Waals surface area contributed by atoms with Gasteiger partial charge in [-0.3, -0.25) is 0 Å². The van der Waals surface area contributed by atoms with Crippen LogP contribution in [0.5, 0.6) is 0 Å². The molecule has 19 heavy (non-hydrogen) atoms. The van der Waals surface area contributed by atoms with Gasteiger partial charge in [-0.1, -0.05) is 38.5 Å². The first-order valence-electron chi connectivity index (χ1n) is 7.57. The van der Waals surface area contributed by atoms with E-state index in [0.29, 0.717) is 5.41 Å². The predicted octanol–water partition coefficient (Wildman–Crippen LogP) is 3.73. The maximum Gasteiger partial charge on any atom is 0.0412 e. The fraction of sp³-hybridized carbons (Fsp3) is 0.647. The molecule has 2 heteroatoms. The van der Waals surface area contributed by atoms with Crippen LogP contribution in [0.25, 0.3) is 0 Å². The standard InChI is InChI=1S/C17H28N2/c1-5-18-13-15-12-14(2)6-7-16(15)19-10-8-17(3,4)9-11-19/h6-7,12,18H,5,8-11,13H2,1-4H3. The lowest BCUT2D eigenvalue weighted by molar-refractivity contribution is 0.279. The fourth-order valence-electron chi connectivity index (χ4n) is 2.78. The van der Waals surface area contributed by atoms with Crippen molar-refractivity contribution in [2.45, 2.75) is 47.1 Å². The van der Waals surface area contributed by atoms with Crippen molar-refractivity contribution >= 4 is 5.69 Å². The summed E-state index contributed by atoms with van der Waals surface area (Å²) < 4.78 is 0. The van der Waals surface area contributed by atoms with Crippen LogP contribution in [0, 0.1) is 12.3 Å². The first kappa shape index (κ1) is 14.4. The van der Waals surface area contributed by atoms with E-state index in [1.807, 2.05) is 0 Å². The number of hydrogen-bond donors (Lipinski definition) is 1. The molecule has 0 bridgehead atoms. The molecule has 0 aromatic heterocycles. The van der Waals surface area contributed by atoms with Crippen molar-refractivity contribution in [3.63, 3.8) is 0 Å². The van der Waals surface area contributed by atoms with Gasteiger partial charge in [0.05, 0.1) is 0 Å². The van der Waals surface area contributed by atoms with Crippen LogP contribution < -0.4 is 10.2 Å². The molecule has 0 amide bonds. The van der Waals surface area contributed by atoms with E-state index in [1.165, 1.54) is 42.7 Å². The van der Waals surface area contributed by atoms with Gasteiger partial charge >= 0.3 is 0 Å². The zero-order valence-corrected chi connectivity index (χ0v) is 12.9. The number of hydrogen-bond acceptors (Lipinski definition) is 2. The van der Waals surface area contributed by atoms with Gasteiger partial charge in [-0.2, -0.15) is 0 Å². The Labute approximate surface area is 118 Å². The van der Waals surface area contributed by atoms with Crippen LogP contribution in [-0.4, -0.2) is 19.6 Å². The monoisotopic (exact) mass is 260 g/mol. The summed E-state index contributed by atoms with van der Waals surface area (Å²) in [6.45, 7) is 13.5. The average Bonchev–Trinajstić information content (AvgIpc) is 2.37. The largest absolute Gasteiger partial charge is 0.371 e. The molecular weight excluding hydrogens is 232 g/mol. The Hall–Kier alpha value is -1.02. The minimum absolute atomic E-state index is 0.517. The van der Waals surface area contributed by atoms with Crippen molar-refractivity contribution < 1.29 is 0 Å². The van der Waals surface area contributed by atoms with Crippen LogP contribution in [0.15, 0.2) is 18.2 Å². The lowest BCUT2D eigenvalue weighted by Gasteiger charge is -2.39. The van der Waals surface area contributed by atoms with E-state index in [0.717, 1.165) is 13.1 Å². The van der Waals surface area contributed by atoms with Crippen molar-refractivity contribution in [1.82, 2.24) is 5.32 Å². The number of piperidine rings is 1. The van der Waals surface area contributed by atoms with E-state index in [9.17, 15) is 0 Å². The topological polar surface area (TPSA) is 15.3 Å². The van der Waals surface area contributed by atoms with Crippen molar-refractivity contribution in [1.29, 1.82) is 0 Å². The second-order valence-electron chi connectivity index (χ2n) is 6.56. The van der Waals surface area contributed by atoms with Gasteiger partial charge < -0.3 is 10.2 Å². The van der Waals surface area contributed by atoms with E-state index in [2.05, 4.69) is 56.1 Å². The van der Waals surface area contributed by atoms with Crippen LogP contribution >= 0.6 is 0 Å². The molecule has 0 atom stereocenters. The van der Waals surface area contributed by atoms with Gasteiger partial charge in [0.25, 0.3) is 0 Å². The van der Waals surface area contributed by atoms with Gasteiger partial charge in [0.1, 0.15) is 0 Å². The minimum atomic E-state index is 0.517. The highest BCUT2D eigenvalue weighted by atomic mass is 15.1. The first-order valence-corrected chi connectivity index (χ1v) is 7.57. The predicted molar refractivity (Wildman–Crippen MR) is 83.8 cm³/mol. The zero-order valence-electron chi connectivity index (χ0n) is 12.9. The Balaban J connectivity index is 2.15. The Morgan fingerprint density at radius 2 is 1.89 bits per heavy atom. The van der Waals surface area contributed by atoms with Gasteiger partial charge in [0.2, 0.25) is 0 Å². The molecule has 2 nitrogen and oxygen atoms in total. The van der Waals surface area contributed by atoms with Crippen LogP contribution in [0.4, 0.5) is 5.69 Å². The minimum Gasteiger partial charge on any atom is -0.371 e. The fourth-order valence-corrected chi connectivity index (χ4v) is 2.78. The maximum absolute atomic E-state index is 3.46. The summed E-state index contributed by atoms with van der Waals surface area (Å²) >= 11 is 0. The molecular formula is C17H28N2. The molecule has 2 rings (SSSR count). The highest BCUT2D eigenvalue weighted by Crippen LogP contribution is 2.33. The van der Waals surface area contributed by atoms with Crippen molar-refractivity contribution in [3.05, 3.63) is 29.3 Å². The maximum atomic E-state index is 3.46. The summed E-state index contributed by atoms with van der Waals surface area (Å²) in [5.74, 6) is 0. The Morgan fingerprint density at radius 3 is 2.53 bits per heavy atom. The summed E-state index contributed by atoms with van der Waals surface area (Å²) in [6, 6.07) is 6.88. The SMILES string of the molecule is CCNCc1cc(C)ccc1N1CCC(C)(C)CC1. The average molecular weight is 260 g/mol. The lowest BCUT2D eigenvalue weighted by Crippen LogP contribution is -2.38. The smallest absolute Gasteiger partial charge is 0.0412 e. The third-order valence-electron chi connectivity index (χ3n) is 4.26. The Morgan fingerprint density at radius 1 is 1.21 bits per heavy atom. The molecule has 0 radical (unpaired) electrons. The molecule has 1 N–H and O–H groups in total. The summed E-state index contributed by atoms with van der Waals surface area (Å²) in [5.41, 5.74) is 4.75. The molecule has 1 aromatic rings. The molecule has 0 spiro atoms. The van der Waals surface area contributed by atoms with Crippen LogP contribution in [0.1, 0.15) is 44.7 Å². The van der Waals surface area contributed by atoms with Gasteiger partial charge in [-0.25, -0.2) is 0 Å². The second-order valence-corrected chi connectivity index (χ2v) is 6.56. The second kappa shape index (κ2) is 5.96.